The molecule has 2 atom stereocenters. The van der Waals surface area contributed by atoms with Crippen LogP contribution < -0.4 is 5.09 Å². The first-order valence-electron chi connectivity index (χ1n) is 7.44. The van der Waals surface area contributed by atoms with Crippen molar-refractivity contribution in [2.75, 3.05) is 13.7 Å². The highest BCUT2D eigenvalue weighted by Gasteiger charge is 2.30. The molecule has 0 heterocycles. The Morgan fingerprint density at radius 1 is 1.26 bits per heavy atom. The van der Waals surface area contributed by atoms with Gasteiger partial charge in [0.1, 0.15) is 6.04 Å². The van der Waals surface area contributed by atoms with E-state index in [1.165, 1.54) is 7.11 Å². The molecule has 0 radical (unpaired) electrons. The lowest BCUT2D eigenvalue weighted by Crippen LogP contribution is -2.35. The Balaban J connectivity index is 2.55. The Morgan fingerprint density at radius 3 is 2.39 bits per heavy atom. The van der Waals surface area contributed by atoms with Gasteiger partial charge < -0.3 is 9.26 Å². The molecule has 0 aliphatic heterocycles. The molecule has 7 heteroatoms. The van der Waals surface area contributed by atoms with Crippen LogP contribution in [-0.2, 0) is 29.8 Å². The molecular formula is C16H26NO5P. The number of rotatable bonds is 8. The summed E-state index contributed by atoms with van der Waals surface area (Å²) < 4.78 is 28.0. The molecule has 0 aliphatic carbocycles. The molecule has 0 saturated carbocycles. The van der Waals surface area contributed by atoms with E-state index < -0.39 is 19.8 Å². The molecular weight excluding hydrogens is 317 g/mol. The number of nitrogens with one attached hydrogen (secondary N) is 1. The predicted molar refractivity (Wildman–Crippen MR) is 88.9 cm³/mol. The standard InChI is InChI=1S/C16H26NO5P/c1-13(15(18)21-12-16(2,3)4)17-23(19,20-5)22-11-14-9-7-6-8-10-14/h6-10,13H,11-12H2,1-5H3,(H,17,19)/t13-,23?/m0/s1. The maximum atomic E-state index is 12.5. The Hall–Kier alpha value is -1.20. The minimum atomic E-state index is -3.59. The summed E-state index contributed by atoms with van der Waals surface area (Å²) in [5.74, 6) is -0.500. The molecule has 0 saturated heterocycles. The Labute approximate surface area is 138 Å². The molecule has 1 rings (SSSR count). The normalized spacial score (nSPS) is 15.7. The van der Waals surface area contributed by atoms with Crippen molar-refractivity contribution in [3.63, 3.8) is 0 Å². The fraction of sp³-hybridized carbons (Fsp3) is 0.562. The van der Waals surface area contributed by atoms with Crippen LogP contribution in [0.3, 0.4) is 0 Å². The fourth-order valence-electron chi connectivity index (χ4n) is 1.58. The summed E-state index contributed by atoms with van der Waals surface area (Å²) >= 11 is 0. The van der Waals surface area contributed by atoms with Crippen molar-refractivity contribution in [2.45, 2.75) is 40.3 Å². The van der Waals surface area contributed by atoms with E-state index in [4.69, 9.17) is 13.8 Å². The van der Waals surface area contributed by atoms with Crippen molar-refractivity contribution in [3.05, 3.63) is 35.9 Å². The van der Waals surface area contributed by atoms with E-state index in [1.54, 1.807) is 6.92 Å². The lowest BCUT2D eigenvalue weighted by atomic mass is 9.99. The van der Waals surface area contributed by atoms with Crippen molar-refractivity contribution in [3.8, 4) is 0 Å². The van der Waals surface area contributed by atoms with Gasteiger partial charge in [0.2, 0.25) is 0 Å². The average molecular weight is 343 g/mol. The third kappa shape index (κ3) is 7.75. The van der Waals surface area contributed by atoms with Gasteiger partial charge in [0.15, 0.2) is 0 Å². The van der Waals surface area contributed by atoms with Crippen LogP contribution in [-0.4, -0.2) is 25.7 Å². The first-order valence-corrected chi connectivity index (χ1v) is 8.98. The highest BCUT2D eigenvalue weighted by molar-refractivity contribution is 7.51. The quantitative estimate of drug-likeness (QED) is 0.575. The van der Waals surface area contributed by atoms with Crippen LogP contribution in [0.15, 0.2) is 30.3 Å². The lowest BCUT2D eigenvalue weighted by molar-refractivity contribution is -0.148. The minimum absolute atomic E-state index is 0.114. The largest absolute Gasteiger partial charge is 0.464 e. The number of ether oxygens (including phenoxy) is 1. The molecule has 1 aromatic carbocycles. The van der Waals surface area contributed by atoms with Gasteiger partial charge in [0, 0.05) is 7.11 Å². The summed E-state index contributed by atoms with van der Waals surface area (Å²) in [5.41, 5.74) is 0.721. The first kappa shape index (κ1) is 19.8. The zero-order chi connectivity index (χ0) is 17.5. The topological polar surface area (TPSA) is 73.9 Å². The van der Waals surface area contributed by atoms with Crippen LogP contribution in [0.5, 0.6) is 0 Å². The SMILES string of the molecule is COP(=O)(N[C@@H](C)C(=O)OCC(C)(C)C)OCc1ccccc1. The van der Waals surface area contributed by atoms with Crippen LogP contribution in [0.1, 0.15) is 33.3 Å². The van der Waals surface area contributed by atoms with E-state index in [-0.39, 0.29) is 18.6 Å². The average Bonchev–Trinajstić information content (AvgIpc) is 2.51. The second-order valence-corrected chi connectivity index (χ2v) is 8.33. The van der Waals surface area contributed by atoms with Crippen molar-refractivity contribution >= 4 is 13.7 Å². The van der Waals surface area contributed by atoms with Gasteiger partial charge in [-0.3, -0.25) is 9.32 Å². The molecule has 0 spiro atoms. The van der Waals surface area contributed by atoms with Crippen LogP contribution in [0.4, 0.5) is 0 Å². The van der Waals surface area contributed by atoms with Gasteiger partial charge >= 0.3 is 13.7 Å². The Kier molecular flexibility index (Phi) is 7.42. The van der Waals surface area contributed by atoms with Gasteiger partial charge in [0.05, 0.1) is 13.2 Å². The molecule has 6 nitrogen and oxygen atoms in total. The second-order valence-electron chi connectivity index (χ2n) is 6.46. The smallest absolute Gasteiger partial charge is 0.406 e. The third-order valence-corrected chi connectivity index (χ3v) is 4.49. The third-order valence-electron chi connectivity index (χ3n) is 2.84. The molecule has 0 amide bonds. The van der Waals surface area contributed by atoms with E-state index in [2.05, 4.69) is 5.09 Å². The lowest BCUT2D eigenvalue weighted by Gasteiger charge is -2.23. The summed E-state index contributed by atoms with van der Waals surface area (Å²) in [6.45, 7) is 7.83. The molecule has 0 aliphatic rings. The first-order chi connectivity index (χ1) is 10.7. The minimum Gasteiger partial charge on any atom is -0.464 e. The van der Waals surface area contributed by atoms with Crippen LogP contribution in [0.2, 0.25) is 0 Å². The number of carbonyl (C=O) groups is 1. The highest BCUT2D eigenvalue weighted by Crippen LogP contribution is 2.44. The van der Waals surface area contributed by atoms with Gasteiger partial charge in [-0.2, -0.15) is 0 Å². The van der Waals surface area contributed by atoms with Crippen molar-refractivity contribution in [1.82, 2.24) is 5.09 Å². The highest BCUT2D eigenvalue weighted by atomic mass is 31.2. The number of benzene rings is 1. The van der Waals surface area contributed by atoms with Gasteiger partial charge in [-0.1, -0.05) is 51.1 Å². The zero-order valence-electron chi connectivity index (χ0n) is 14.4. The predicted octanol–water partition coefficient (Wildman–Crippen LogP) is 3.53. The molecule has 0 fully saturated rings. The fourth-order valence-corrected chi connectivity index (χ4v) is 2.76. The number of hydrogen-bond donors (Lipinski definition) is 1. The zero-order valence-corrected chi connectivity index (χ0v) is 15.3. The molecule has 1 N–H and O–H groups in total. The van der Waals surface area contributed by atoms with Crippen LogP contribution in [0, 0.1) is 5.41 Å². The van der Waals surface area contributed by atoms with E-state index in [9.17, 15) is 9.36 Å². The molecule has 1 aromatic rings. The van der Waals surface area contributed by atoms with E-state index in [0.717, 1.165) is 5.56 Å². The molecule has 0 aromatic heterocycles. The summed E-state index contributed by atoms with van der Waals surface area (Å²) in [4.78, 5) is 11.9. The van der Waals surface area contributed by atoms with Crippen molar-refractivity contribution in [2.24, 2.45) is 5.41 Å². The number of hydrogen-bond acceptors (Lipinski definition) is 5. The summed E-state index contributed by atoms with van der Waals surface area (Å²) in [6.07, 6.45) is 0. The van der Waals surface area contributed by atoms with Crippen LogP contribution in [0.25, 0.3) is 0 Å². The van der Waals surface area contributed by atoms with Gasteiger partial charge in [-0.05, 0) is 17.9 Å². The van der Waals surface area contributed by atoms with Gasteiger partial charge in [0.25, 0.3) is 0 Å². The van der Waals surface area contributed by atoms with Gasteiger partial charge in [-0.25, -0.2) is 9.65 Å². The Morgan fingerprint density at radius 2 is 1.87 bits per heavy atom. The molecule has 23 heavy (non-hydrogen) atoms. The van der Waals surface area contributed by atoms with E-state index in [0.29, 0.717) is 0 Å². The summed E-state index contributed by atoms with van der Waals surface area (Å²) in [7, 11) is -2.32. The maximum absolute atomic E-state index is 12.5. The summed E-state index contributed by atoms with van der Waals surface area (Å²) in [5, 5.41) is 2.59. The van der Waals surface area contributed by atoms with E-state index >= 15 is 0 Å². The molecule has 130 valence electrons. The van der Waals surface area contributed by atoms with Gasteiger partial charge in [-0.15, -0.1) is 0 Å². The van der Waals surface area contributed by atoms with Crippen molar-refractivity contribution < 1.29 is 23.1 Å². The number of carbonyl (C=O) groups excluding carboxylic acids is 1. The molecule has 0 bridgehead atoms. The van der Waals surface area contributed by atoms with Crippen LogP contribution >= 0.6 is 7.75 Å². The maximum Gasteiger partial charge on any atom is 0.406 e. The second kappa shape index (κ2) is 8.60. The number of esters is 1. The molecule has 1 unspecified atom stereocenters. The summed E-state index contributed by atoms with van der Waals surface area (Å²) in [6, 6.07) is 8.48. The van der Waals surface area contributed by atoms with E-state index in [1.807, 2.05) is 51.1 Å². The van der Waals surface area contributed by atoms with Crippen molar-refractivity contribution in [1.29, 1.82) is 0 Å². The monoisotopic (exact) mass is 343 g/mol. The Bertz CT molecular complexity index is 541.